The van der Waals surface area contributed by atoms with Gasteiger partial charge in [-0.1, -0.05) is 21.9 Å². The zero-order chi connectivity index (χ0) is 22.0. The van der Waals surface area contributed by atoms with E-state index in [4.69, 9.17) is 32.9 Å². The Morgan fingerprint density at radius 3 is 2.77 bits per heavy atom. The van der Waals surface area contributed by atoms with E-state index in [0.29, 0.717) is 34.8 Å². The van der Waals surface area contributed by atoms with E-state index in [1.165, 1.54) is 12.1 Å². The van der Waals surface area contributed by atoms with E-state index in [1.54, 1.807) is 6.07 Å². The van der Waals surface area contributed by atoms with Crippen LogP contribution in [0.25, 0.3) is 11.5 Å². The van der Waals surface area contributed by atoms with Crippen LogP contribution in [0.4, 0.5) is 10.1 Å². The molecule has 1 aliphatic heterocycles. The molecule has 0 saturated carbocycles. The van der Waals surface area contributed by atoms with Gasteiger partial charge in [0.25, 0.3) is 5.89 Å². The van der Waals surface area contributed by atoms with Crippen molar-refractivity contribution in [2.75, 3.05) is 31.5 Å². The highest BCUT2D eigenvalue weighted by atomic mass is 35.5. The Morgan fingerprint density at radius 1 is 1.19 bits per heavy atom. The number of hydrogen-bond donors (Lipinski definition) is 1. The minimum atomic E-state index is -0.456. The van der Waals surface area contributed by atoms with E-state index in [9.17, 15) is 4.39 Å². The van der Waals surface area contributed by atoms with Crippen LogP contribution in [0.2, 0.25) is 5.02 Å². The normalized spacial score (nSPS) is 15.2. The lowest BCUT2D eigenvalue weighted by atomic mass is 10.2. The second kappa shape index (κ2) is 9.29. The Bertz CT molecular complexity index is 1070. The average Bonchev–Trinajstić information content (AvgIpc) is 3.23. The molecule has 1 N–H and O–H groups in total. The van der Waals surface area contributed by atoms with Crippen molar-refractivity contribution >= 4 is 34.6 Å². The van der Waals surface area contributed by atoms with E-state index < -0.39 is 5.82 Å². The van der Waals surface area contributed by atoms with Gasteiger partial charge < -0.3 is 19.3 Å². The summed E-state index contributed by atoms with van der Waals surface area (Å²) in [6.45, 7) is 7.48. The van der Waals surface area contributed by atoms with Crippen LogP contribution in [-0.2, 0) is 6.54 Å². The van der Waals surface area contributed by atoms with E-state index in [2.05, 4.69) is 30.4 Å². The van der Waals surface area contributed by atoms with Crippen molar-refractivity contribution in [3.05, 3.63) is 46.3 Å². The fourth-order valence-electron chi connectivity index (χ4n) is 3.52. The first-order valence-corrected chi connectivity index (χ1v) is 10.7. The lowest BCUT2D eigenvalue weighted by molar-refractivity contribution is 0.266. The maximum atomic E-state index is 13.4. The number of benzene rings is 1. The molecule has 1 aliphatic rings. The van der Waals surface area contributed by atoms with Gasteiger partial charge in [-0.15, -0.1) is 0 Å². The highest BCUT2D eigenvalue weighted by Crippen LogP contribution is 2.25. The Labute approximate surface area is 189 Å². The van der Waals surface area contributed by atoms with Crippen LogP contribution in [0.3, 0.4) is 0 Å². The van der Waals surface area contributed by atoms with Crippen LogP contribution in [0, 0.1) is 19.7 Å². The summed E-state index contributed by atoms with van der Waals surface area (Å²) in [5, 5.41) is 11.8. The summed E-state index contributed by atoms with van der Waals surface area (Å²) >= 11 is 11.4. The van der Waals surface area contributed by atoms with Crippen molar-refractivity contribution in [3.8, 4) is 11.5 Å². The Hall–Kier alpha value is -2.56. The highest BCUT2D eigenvalue weighted by molar-refractivity contribution is 7.80. The minimum absolute atomic E-state index is 0.0610. The number of rotatable bonds is 4. The van der Waals surface area contributed by atoms with Crippen LogP contribution in [0.15, 0.2) is 27.2 Å². The first-order chi connectivity index (χ1) is 14.9. The fraction of sp³-hybridized carbons (Fsp3) is 0.400. The molecule has 1 aromatic carbocycles. The molecule has 0 unspecified atom stereocenters. The van der Waals surface area contributed by atoms with E-state index in [-0.39, 0.29) is 5.02 Å². The van der Waals surface area contributed by atoms with Crippen molar-refractivity contribution in [2.45, 2.75) is 26.8 Å². The van der Waals surface area contributed by atoms with Crippen LogP contribution < -0.4 is 5.32 Å². The summed E-state index contributed by atoms with van der Waals surface area (Å²) < 4.78 is 24.0. The molecule has 0 amide bonds. The van der Waals surface area contributed by atoms with E-state index >= 15 is 0 Å². The van der Waals surface area contributed by atoms with Gasteiger partial charge in [0.1, 0.15) is 17.1 Å². The molecule has 4 rings (SSSR count). The third-order valence-electron chi connectivity index (χ3n) is 5.13. The largest absolute Gasteiger partial charge is 0.361 e. The molecular weight excluding hydrogens is 443 g/mol. The average molecular weight is 465 g/mol. The Balaban J connectivity index is 1.34. The second-order valence-electron chi connectivity index (χ2n) is 7.39. The fourth-order valence-corrected chi connectivity index (χ4v) is 4.00. The SMILES string of the molecule is Cc1noc(C)c1-c1nc(CN2CCCN(C(=S)Nc3ccc(F)c(Cl)c3)CC2)no1. The molecule has 11 heteroatoms. The molecule has 31 heavy (non-hydrogen) atoms. The van der Waals surface area contributed by atoms with Crippen molar-refractivity contribution < 1.29 is 13.4 Å². The summed E-state index contributed by atoms with van der Waals surface area (Å²) in [7, 11) is 0. The predicted molar refractivity (Wildman–Crippen MR) is 118 cm³/mol. The Kier molecular flexibility index (Phi) is 6.49. The quantitative estimate of drug-likeness (QED) is 0.575. The number of hydrogen-bond acceptors (Lipinski definition) is 7. The lowest BCUT2D eigenvalue weighted by Crippen LogP contribution is -2.37. The van der Waals surface area contributed by atoms with Crippen LogP contribution >= 0.6 is 23.8 Å². The summed E-state index contributed by atoms with van der Waals surface area (Å²) in [4.78, 5) is 8.87. The number of halogens is 2. The van der Waals surface area contributed by atoms with Gasteiger partial charge in [-0.2, -0.15) is 4.98 Å². The number of anilines is 1. The molecule has 0 bridgehead atoms. The lowest BCUT2D eigenvalue weighted by Gasteiger charge is -2.24. The summed E-state index contributed by atoms with van der Waals surface area (Å²) in [6, 6.07) is 4.46. The van der Waals surface area contributed by atoms with Gasteiger partial charge >= 0.3 is 0 Å². The molecule has 1 saturated heterocycles. The number of aryl methyl sites for hydroxylation is 2. The highest BCUT2D eigenvalue weighted by Gasteiger charge is 2.21. The van der Waals surface area contributed by atoms with Gasteiger partial charge in [-0.05, 0) is 50.7 Å². The van der Waals surface area contributed by atoms with Gasteiger partial charge in [0.2, 0.25) is 0 Å². The van der Waals surface area contributed by atoms with Crippen LogP contribution in [0.1, 0.15) is 23.7 Å². The molecule has 3 heterocycles. The molecule has 0 aliphatic carbocycles. The van der Waals surface area contributed by atoms with Gasteiger partial charge in [0.15, 0.2) is 10.9 Å². The summed E-state index contributed by atoms with van der Waals surface area (Å²) in [5.41, 5.74) is 2.14. The minimum Gasteiger partial charge on any atom is -0.361 e. The van der Waals surface area contributed by atoms with Gasteiger partial charge in [0, 0.05) is 31.9 Å². The van der Waals surface area contributed by atoms with Crippen molar-refractivity contribution in [1.29, 1.82) is 0 Å². The van der Waals surface area contributed by atoms with Crippen LogP contribution in [0.5, 0.6) is 0 Å². The molecule has 0 spiro atoms. The van der Waals surface area contributed by atoms with Crippen molar-refractivity contribution in [2.24, 2.45) is 0 Å². The standard InChI is InChI=1S/C20H22ClFN6O2S/c1-12-18(13(2)29-25-12)19-24-17(26-30-19)11-27-6-3-7-28(9-8-27)20(31)23-14-4-5-16(22)15(21)10-14/h4-5,10H,3,6-9,11H2,1-2H3,(H,23,31). The first-order valence-electron chi connectivity index (χ1n) is 9.90. The molecule has 8 nitrogen and oxygen atoms in total. The third-order valence-corrected chi connectivity index (χ3v) is 5.78. The van der Waals surface area contributed by atoms with Crippen molar-refractivity contribution in [3.63, 3.8) is 0 Å². The topological polar surface area (TPSA) is 83.5 Å². The molecule has 1 fully saturated rings. The maximum absolute atomic E-state index is 13.4. The van der Waals surface area contributed by atoms with E-state index in [0.717, 1.165) is 43.9 Å². The number of thiocarbonyl (C=S) groups is 1. The Morgan fingerprint density at radius 2 is 2.03 bits per heavy atom. The van der Waals surface area contributed by atoms with Gasteiger partial charge in [-0.25, -0.2) is 4.39 Å². The molecule has 164 valence electrons. The van der Waals surface area contributed by atoms with Gasteiger partial charge in [0.05, 0.1) is 17.3 Å². The molecule has 3 aromatic rings. The van der Waals surface area contributed by atoms with E-state index in [1.807, 2.05) is 13.8 Å². The van der Waals surface area contributed by atoms with Crippen molar-refractivity contribution in [1.82, 2.24) is 25.1 Å². The number of nitrogens with zero attached hydrogens (tertiary/aromatic N) is 5. The third kappa shape index (κ3) is 5.03. The van der Waals surface area contributed by atoms with Crippen LogP contribution in [-0.4, -0.2) is 56.4 Å². The molecule has 0 atom stereocenters. The maximum Gasteiger partial charge on any atom is 0.263 e. The first kappa shape index (κ1) is 21.7. The predicted octanol–water partition coefficient (Wildman–Crippen LogP) is 4.04. The zero-order valence-electron chi connectivity index (χ0n) is 17.2. The molecule has 2 aromatic heterocycles. The monoisotopic (exact) mass is 464 g/mol. The smallest absolute Gasteiger partial charge is 0.263 e. The summed E-state index contributed by atoms with van der Waals surface area (Å²) in [6.07, 6.45) is 0.931. The molecular formula is C20H22ClFN6O2S. The number of aromatic nitrogens is 3. The number of nitrogens with one attached hydrogen (secondary N) is 1. The second-order valence-corrected chi connectivity index (χ2v) is 8.18. The summed E-state index contributed by atoms with van der Waals surface area (Å²) in [5.74, 6) is 1.24. The zero-order valence-corrected chi connectivity index (χ0v) is 18.8. The molecule has 0 radical (unpaired) electrons. The van der Waals surface area contributed by atoms with Gasteiger partial charge in [-0.3, -0.25) is 4.90 Å².